The molecule has 0 aliphatic rings. The van der Waals surface area contributed by atoms with Crippen molar-refractivity contribution in [3.63, 3.8) is 0 Å². The zero-order chi connectivity index (χ0) is 16.7. The molecule has 0 spiro atoms. The number of nitrogens with zero attached hydrogens (tertiary/aromatic N) is 3. The first kappa shape index (κ1) is 17.6. The molecular formula is C17H24N4OS. The molecule has 2 rings (SSSR count). The number of pyridine rings is 1. The Bertz CT molecular complexity index is 612. The molecule has 0 aliphatic carbocycles. The number of hydrogen-bond donors (Lipinski definition) is 1. The van der Waals surface area contributed by atoms with Crippen molar-refractivity contribution >= 4 is 17.2 Å². The van der Waals surface area contributed by atoms with Gasteiger partial charge in [-0.1, -0.05) is 19.9 Å². The van der Waals surface area contributed by atoms with E-state index < -0.39 is 0 Å². The molecule has 0 aromatic carbocycles. The first-order chi connectivity index (χ1) is 11.0. The van der Waals surface area contributed by atoms with E-state index in [2.05, 4.69) is 34.5 Å². The predicted molar refractivity (Wildman–Crippen MR) is 93.5 cm³/mol. The summed E-state index contributed by atoms with van der Waals surface area (Å²) in [5, 5.41) is 6.14. The van der Waals surface area contributed by atoms with Crippen LogP contribution in [0.25, 0.3) is 0 Å². The fourth-order valence-corrected chi connectivity index (χ4v) is 3.13. The molecule has 5 nitrogen and oxygen atoms in total. The predicted octanol–water partition coefficient (Wildman–Crippen LogP) is 2.45. The molecule has 0 fully saturated rings. The molecule has 0 atom stereocenters. The van der Waals surface area contributed by atoms with Crippen molar-refractivity contribution < 1.29 is 4.79 Å². The van der Waals surface area contributed by atoms with Crippen LogP contribution >= 0.6 is 11.3 Å². The van der Waals surface area contributed by atoms with Crippen LogP contribution < -0.4 is 5.32 Å². The molecule has 0 saturated heterocycles. The number of thiazole rings is 1. The van der Waals surface area contributed by atoms with Crippen molar-refractivity contribution in [2.45, 2.75) is 32.7 Å². The molecular weight excluding hydrogens is 308 g/mol. The summed E-state index contributed by atoms with van der Waals surface area (Å²) >= 11 is 1.67. The second-order valence-electron chi connectivity index (χ2n) is 5.95. The topological polar surface area (TPSA) is 58.1 Å². The highest BCUT2D eigenvalue weighted by atomic mass is 32.1. The van der Waals surface area contributed by atoms with Gasteiger partial charge in [0.1, 0.15) is 0 Å². The highest BCUT2D eigenvalue weighted by Gasteiger charge is 2.08. The normalized spacial score (nSPS) is 11.2. The van der Waals surface area contributed by atoms with Crippen LogP contribution in [0.1, 0.15) is 36.0 Å². The molecule has 124 valence electrons. The highest BCUT2D eigenvalue weighted by molar-refractivity contribution is 7.09. The van der Waals surface area contributed by atoms with Gasteiger partial charge in [-0.05, 0) is 24.6 Å². The van der Waals surface area contributed by atoms with Crippen molar-refractivity contribution in [3.05, 3.63) is 46.2 Å². The Balaban J connectivity index is 1.68. The maximum atomic E-state index is 12.0. The van der Waals surface area contributed by atoms with E-state index in [1.165, 1.54) is 0 Å². The van der Waals surface area contributed by atoms with Crippen LogP contribution in [0.3, 0.4) is 0 Å². The molecule has 1 amide bonds. The largest absolute Gasteiger partial charge is 0.355 e. The maximum Gasteiger partial charge on any atom is 0.234 e. The van der Waals surface area contributed by atoms with E-state index in [1.54, 1.807) is 17.5 Å². The number of carbonyl (C=O) groups excluding carboxylic acids is 1. The third-order valence-corrected chi connectivity index (χ3v) is 4.34. The van der Waals surface area contributed by atoms with Gasteiger partial charge in [0.25, 0.3) is 0 Å². The summed E-state index contributed by atoms with van der Waals surface area (Å²) in [7, 11) is 1.93. The van der Waals surface area contributed by atoms with Crippen molar-refractivity contribution in [2.75, 3.05) is 20.1 Å². The summed E-state index contributed by atoms with van der Waals surface area (Å²) in [6.07, 6.45) is 4.36. The van der Waals surface area contributed by atoms with Crippen LogP contribution in [-0.4, -0.2) is 40.9 Å². The lowest BCUT2D eigenvalue weighted by Crippen LogP contribution is -2.35. The smallest absolute Gasteiger partial charge is 0.234 e. The first-order valence-electron chi connectivity index (χ1n) is 7.83. The monoisotopic (exact) mass is 332 g/mol. The summed E-state index contributed by atoms with van der Waals surface area (Å²) in [5.41, 5.74) is 2.24. The van der Waals surface area contributed by atoms with E-state index in [4.69, 9.17) is 0 Å². The SMILES string of the molecule is CC(C)c1csc(CCNC(=O)CN(C)Cc2cccnc2)n1. The number of amides is 1. The molecule has 0 aliphatic heterocycles. The van der Waals surface area contributed by atoms with Crippen LogP contribution in [0, 0.1) is 0 Å². The molecule has 0 radical (unpaired) electrons. The van der Waals surface area contributed by atoms with Gasteiger partial charge in [-0.2, -0.15) is 0 Å². The number of nitrogens with one attached hydrogen (secondary N) is 1. The van der Waals surface area contributed by atoms with Gasteiger partial charge in [0.2, 0.25) is 5.91 Å². The van der Waals surface area contributed by atoms with Gasteiger partial charge in [-0.25, -0.2) is 4.98 Å². The Hall–Kier alpha value is -1.79. The van der Waals surface area contributed by atoms with E-state index in [0.717, 1.165) is 22.7 Å². The Labute approximate surface area is 141 Å². The maximum absolute atomic E-state index is 12.0. The summed E-state index contributed by atoms with van der Waals surface area (Å²) < 4.78 is 0. The Morgan fingerprint density at radius 2 is 2.26 bits per heavy atom. The lowest BCUT2D eigenvalue weighted by atomic mass is 10.2. The molecule has 0 bridgehead atoms. The minimum absolute atomic E-state index is 0.0389. The standard InChI is InChI=1S/C17H24N4OS/c1-13(2)15-12-23-17(20-15)6-8-19-16(22)11-21(3)10-14-5-4-7-18-9-14/h4-5,7,9,12-13H,6,8,10-11H2,1-3H3,(H,19,22). The van der Waals surface area contributed by atoms with E-state index >= 15 is 0 Å². The van der Waals surface area contributed by atoms with Crippen LogP contribution in [-0.2, 0) is 17.8 Å². The molecule has 0 unspecified atom stereocenters. The molecule has 6 heteroatoms. The molecule has 1 N–H and O–H groups in total. The summed E-state index contributed by atoms with van der Waals surface area (Å²) in [5.74, 6) is 0.493. The quantitative estimate of drug-likeness (QED) is 0.807. The van der Waals surface area contributed by atoms with E-state index in [0.29, 0.717) is 25.6 Å². The minimum Gasteiger partial charge on any atom is -0.355 e. The van der Waals surface area contributed by atoms with Crippen LogP contribution in [0.15, 0.2) is 29.9 Å². The van der Waals surface area contributed by atoms with Crippen LogP contribution in [0.4, 0.5) is 0 Å². The van der Waals surface area contributed by atoms with Crippen LogP contribution in [0.5, 0.6) is 0 Å². The second kappa shape index (κ2) is 8.74. The van der Waals surface area contributed by atoms with Gasteiger partial charge >= 0.3 is 0 Å². The third kappa shape index (κ3) is 6.08. The minimum atomic E-state index is 0.0389. The second-order valence-corrected chi connectivity index (χ2v) is 6.90. The summed E-state index contributed by atoms with van der Waals surface area (Å²) in [6, 6.07) is 3.92. The zero-order valence-electron chi connectivity index (χ0n) is 14.0. The number of likely N-dealkylation sites (N-methyl/N-ethyl adjacent to an activating group) is 1. The summed E-state index contributed by atoms with van der Waals surface area (Å²) in [4.78, 5) is 22.6. The van der Waals surface area contributed by atoms with Gasteiger partial charge in [-0.15, -0.1) is 11.3 Å². The van der Waals surface area contributed by atoms with E-state index in [9.17, 15) is 4.79 Å². The highest BCUT2D eigenvalue weighted by Crippen LogP contribution is 2.17. The van der Waals surface area contributed by atoms with Crippen molar-refractivity contribution in [1.82, 2.24) is 20.2 Å². The molecule has 2 heterocycles. The fourth-order valence-electron chi connectivity index (χ4n) is 2.17. The molecule has 23 heavy (non-hydrogen) atoms. The summed E-state index contributed by atoms with van der Waals surface area (Å²) in [6.45, 7) is 6.00. The van der Waals surface area contributed by atoms with E-state index in [1.807, 2.05) is 30.3 Å². The average molecular weight is 332 g/mol. The molecule has 2 aromatic heterocycles. The third-order valence-electron chi connectivity index (χ3n) is 3.41. The number of carbonyl (C=O) groups is 1. The van der Waals surface area contributed by atoms with Gasteiger partial charge in [0.05, 0.1) is 17.2 Å². The zero-order valence-corrected chi connectivity index (χ0v) is 14.8. The molecule has 0 saturated carbocycles. The van der Waals surface area contributed by atoms with Crippen molar-refractivity contribution in [3.8, 4) is 0 Å². The Morgan fingerprint density at radius 3 is 2.91 bits per heavy atom. The van der Waals surface area contributed by atoms with Gasteiger partial charge in [0.15, 0.2) is 0 Å². The van der Waals surface area contributed by atoms with Crippen molar-refractivity contribution in [2.24, 2.45) is 0 Å². The first-order valence-corrected chi connectivity index (χ1v) is 8.71. The average Bonchev–Trinajstić information content (AvgIpc) is 2.97. The van der Waals surface area contributed by atoms with Gasteiger partial charge in [-0.3, -0.25) is 14.7 Å². The number of hydrogen-bond acceptors (Lipinski definition) is 5. The van der Waals surface area contributed by atoms with Crippen LogP contribution in [0.2, 0.25) is 0 Å². The molecule has 2 aromatic rings. The van der Waals surface area contributed by atoms with E-state index in [-0.39, 0.29) is 5.91 Å². The lowest BCUT2D eigenvalue weighted by molar-refractivity contribution is -0.122. The van der Waals surface area contributed by atoms with Gasteiger partial charge < -0.3 is 5.32 Å². The fraction of sp³-hybridized carbons (Fsp3) is 0.471. The Morgan fingerprint density at radius 1 is 1.43 bits per heavy atom. The number of aromatic nitrogens is 2. The van der Waals surface area contributed by atoms with Gasteiger partial charge in [0, 0.05) is 37.3 Å². The lowest BCUT2D eigenvalue weighted by Gasteiger charge is -2.15. The van der Waals surface area contributed by atoms with Crippen molar-refractivity contribution in [1.29, 1.82) is 0 Å². The number of rotatable bonds is 8. The Kier molecular flexibility index (Phi) is 6.67.